The molecule has 156 valence electrons. The van der Waals surface area contributed by atoms with Crippen molar-refractivity contribution in [3.8, 4) is 5.75 Å². The SMILES string of the molecule is CC[C@H](NS(=O)(=O)c1ccc(OC)c2ccccc12)C12CC3CC(CC(C3)C1)C2. The highest BCUT2D eigenvalue weighted by Crippen LogP contribution is 2.61. The van der Waals surface area contributed by atoms with Crippen LogP contribution in [0.2, 0.25) is 0 Å². The van der Waals surface area contributed by atoms with Crippen molar-refractivity contribution in [2.45, 2.75) is 62.8 Å². The standard InChI is InChI=1S/C24H31NO3S/c1-3-23(24-13-16-10-17(14-24)12-18(11-16)15-24)25-29(26,27)22-9-8-21(28-2)19-6-4-5-7-20(19)22/h4-9,16-18,23,25H,3,10-15H2,1-2H3/t16?,17?,18?,23-,24?/m0/s1. The third kappa shape index (κ3) is 3.17. The Morgan fingerprint density at radius 1 is 1.00 bits per heavy atom. The number of ether oxygens (including phenoxy) is 1. The maximum Gasteiger partial charge on any atom is 0.241 e. The molecule has 4 fully saturated rings. The summed E-state index contributed by atoms with van der Waals surface area (Å²) in [7, 11) is -2.00. The van der Waals surface area contributed by atoms with Crippen molar-refractivity contribution < 1.29 is 13.2 Å². The zero-order chi connectivity index (χ0) is 20.2. The van der Waals surface area contributed by atoms with Gasteiger partial charge in [-0.15, -0.1) is 0 Å². The summed E-state index contributed by atoms with van der Waals surface area (Å²) in [6.07, 6.45) is 8.54. The van der Waals surface area contributed by atoms with Gasteiger partial charge in [0.15, 0.2) is 0 Å². The predicted molar refractivity (Wildman–Crippen MR) is 116 cm³/mol. The Morgan fingerprint density at radius 2 is 1.59 bits per heavy atom. The van der Waals surface area contributed by atoms with Crippen LogP contribution in [-0.2, 0) is 10.0 Å². The first-order valence-electron chi connectivity index (χ1n) is 11.0. The molecule has 0 radical (unpaired) electrons. The zero-order valence-electron chi connectivity index (χ0n) is 17.4. The van der Waals surface area contributed by atoms with E-state index in [0.29, 0.717) is 10.6 Å². The van der Waals surface area contributed by atoms with Crippen molar-refractivity contribution in [2.75, 3.05) is 7.11 Å². The number of hydrogen-bond acceptors (Lipinski definition) is 3. The monoisotopic (exact) mass is 413 g/mol. The number of methoxy groups -OCH3 is 1. The minimum Gasteiger partial charge on any atom is -0.496 e. The summed E-state index contributed by atoms with van der Waals surface area (Å²) in [4.78, 5) is 0.358. The van der Waals surface area contributed by atoms with E-state index in [1.165, 1.54) is 38.5 Å². The highest BCUT2D eigenvalue weighted by Gasteiger charge is 2.54. The molecule has 0 heterocycles. The molecule has 0 amide bonds. The maximum atomic E-state index is 13.6. The van der Waals surface area contributed by atoms with Gasteiger partial charge in [-0.05, 0) is 80.2 Å². The van der Waals surface area contributed by atoms with Crippen LogP contribution >= 0.6 is 0 Å². The smallest absolute Gasteiger partial charge is 0.241 e. The Hall–Kier alpha value is -1.59. The van der Waals surface area contributed by atoms with Gasteiger partial charge >= 0.3 is 0 Å². The zero-order valence-corrected chi connectivity index (χ0v) is 18.2. The Labute approximate surface area is 174 Å². The Kier molecular flexibility index (Phi) is 4.67. The molecule has 6 rings (SSSR count). The van der Waals surface area contributed by atoms with E-state index in [-0.39, 0.29) is 11.5 Å². The molecule has 4 saturated carbocycles. The fourth-order valence-corrected chi connectivity index (χ4v) is 8.79. The molecule has 29 heavy (non-hydrogen) atoms. The largest absolute Gasteiger partial charge is 0.496 e. The fourth-order valence-electron chi connectivity index (χ4n) is 7.15. The fraction of sp³-hybridized carbons (Fsp3) is 0.583. The van der Waals surface area contributed by atoms with Gasteiger partial charge in [-0.2, -0.15) is 0 Å². The third-order valence-electron chi connectivity index (χ3n) is 7.88. The minimum absolute atomic E-state index is 0.0155. The molecule has 1 atom stereocenters. The second-order valence-electron chi connectivity index (χ2n) is 9.67. The third-order valence-corrected chi connectivity index (χ3v) is 9.41. The quantitative estimate of drug-likeness (QED) is 0.715. The molecule has 4 aliphatic rings. The molecule has 4 aliphatic carbocycles. The van der Waals surface area contributed by atoms with Crippen molar-refractivity contribution in [1.82, 2.24) is 4.72 Å². The Bertz CT molecular complexity index is 994. The first-order chi connectivity index (χ1) is 13.9. The van der Waals surface area contributed by atoms with Crippen LogP contribution in [0.5, 0.6) is 5.75 Å². The summed E-state index contributed by atoms with van der Waals surface area (Å²) in [5, 5.41) is 1.56. The molecular weight excluding hydrogens is 382 g/mol. The molecule has 0 saturated heterocycles. The first-order valence-corrected chi connectivity index (χ1v) is 12.5. The summed E-state index contributed by atoms with van der Waals surface area (Å²) in [5.74, 6) is 3.12. The number of nitrogens with one attached hydrogen (secondary N) is 1. The molecule has 5 heteroatoms. The first kappa shape index (κ1) is 19.4. The van der Waals surface area contributed by atoms with Gasteiger partial charge in [0, 0.05) is 16.8 Å². The average molecular weight is 414 g/mol. The van der Waals surface area contributed by atoms with Gasteiger partial charge in [0.05, 0.1) is 12.0 Å². The number of rotatable bonds is 6. The van der Waals surface area contributed by atoms with Crippen LogP contribution in [0.3, 0.4) is 0 Å². The topological polar surface area (TPSA) is 55.4 Å². The molecule has 4 nitrogen and oxygen atoms in total. The minimum atomic E-state index is -3.62. The summed E-state index contributed by atoms with van der Waals surface area (Å²) >= 11 is 0. The lowest BCUT2D eigenvalue weighted by molar-refractivity contribution is -0.0704. The number of hydrogen-bond donors (Lipinski definition) is 1. The molecule has 2 aromatic rings. The van der Waals surface area contributed by atoms with Gasteiger partial charge < -0.3 is 4.74 Å². The van der Waals surface area contributed by atoms with Crippen LogP contribution in [0, 0.1) is 23.2 Å². The molecule has 0 spiro atoms. The molecule has 1 N–H and O–H groups in total. The summed E-state index contributed by atoms with van der Waals surface area (Å²) < 4.78 is 35.7. The van der Waals surface area contributed by atoms with Gasteiger partial charge in [0.25, 0.3) is 0 Å². The van der Waals surface area contributed by atoms with Gasteiger partial charge in [-0.25, -0.2) is 13.1 Å². The van der Waals surface area contributed by atoms with E-state index < -0.39 is 10.0 Å². The highest BCUT2D eigenvalue weighted by molar-refractivity contribution is 7.89. The number of sulfonamides is 1. The second-order valence-corrected chi connectivity index (χ2v) is 11.4. The summed E-state index contributed by atoms with van der Waals surface area (Å²) in [5.41, 5.74) is 0.152. The van der Waals surface area contributed by atoms with Gasteiger partial charge in [0.1, 0.15) is 5.75 Å². The van der Waals surface area contributed by atoms with Crippen molar-refractivity contribution in [2.24, 2.45) is 23.2 Å². The number of fused-ring (bicyclic) bond motifs is 1. The second kappa shape index (κ2) is 6.98. The van der Waals surface area contributed by atoms with Crippen LogP contribution in [-0.4, -0.2) is 21.6 Å². The molecule has 0 aliphatic heterocycles. The van der Waals surface area contributed by atoms with Crippen molar-refractivity contribution in [3.05, 3.63) is 36.4 Å². The molecular formula is C24H31NO3S. The van der Waals surface area contributed by atoms with Crippen LogP contribution in [0.15, 0.2) is 41.3 Å². The summed E-state index contributed by atoms with van der Waals surface area (Å²) in [6, 6.07) is 11.1. The van der Waals surface area contributed by atoms with Crippen molar-refractivity contribution >= 4 is 20.8 Å². The van der Waals surface area contributed by atoms with Crippen LogP contribution in [0.25, 0.3) is 10.8 Å². The van der Waals surface area contributed by atoms with Crippen molar-refractivity contribution in [1.29, 1.82) is 0 Å². The lowest BCUT2D eigenvalue weighted by atomic mass is 9.47. The molecule has 0 unspecified atom stereocenters. The molecule has 2 aromatic carbocycles. The maximum absolute atomic E-state index is 13.6. The van der Waals surface area contributed by atoms with Crippen LogP contribution in [0.4, 0.5) is 0 Å². The number of benzene rings is 2. The Morgan fingerprint density at radius 3 is 2.14 bits per heavy atom. The predicted octanol–water partition coefficient (Wildman–Crippen LogP) is 5.12. The van der Waals surface area contributed by atoms with E-state index in [0.717, 1.165) is 34.9 Å². The van der Waals surface area contributed by atoms with Gasteiger partial charge in [-0.3, -0.25) is 0 Å². The lowest BCUT2D eigenvalue weighted by Gasteiger charge is -2.59. The average Bonchev–Trinajstić information content (AvgIpc) is 2.70. The highest BCUT2D eigenvalue weighted by atomic mass is 32.2. The molecule has 4 bridgehead atoms. The summed E-state index contributed by atoms with van der Waals surface area (Å²) in [6.45, 7) is 2.14. The van der Waals surface area contributed by atoms with E-state index in [1.807, 2.05) is 24.3 Å². The molecule has 0 aromatic heterocycles. The van der Waals surface area contributed by atoms with Gasteiger partial charge in [-0.1, -0.05) is 31.2 Å². The van der Waals surface area contributed by atoms with Crippen molar-refractivity contribution in [3.63, 3.8) is 0 Å². The van der Waals surface area contributed by atoms with Crippen LogP contribution in [0.1, 0.15) is 51.9 Å². The lowest BCUT2D eigenvalue weighted by Crippen LogP contribution is -2.56. The van der Waals surface area contributed by atoms with E-state index in [9.17, 15) is 8.42 Å². The van der Waals surface area contributed by atoms with E-state index in [1.54, 1.807) is 19.2 Å². The van der Waals surface area contributed by atoms with Crippen LogP contribution < -0.4 is 9.46 Å². The van der Waals surface area contributed by atoms with E-state index >= 15 is 0 Å². The Balaban J connectivity index is 1.50. The normalized spacial score (nSPS) is 31.9. The van der Waals surface area contributed by atoms with E-state index in [2.05, 4.69) is 11.6 Å². The van der Waals surface area contributed by atoms with E-state index in [4.69, 9.17) is 4.74 Å². The van der Waals surface area contributed by atoms with Gasteiger partial charge in [0.2, 0.25) is 10.0 Å².